The third-order valence-electron chi connectivity index (χ3n) is 6.84. The minimum absolute atomic E-state index is 0.0187. The molecule has 186 valence electrons. The molecule has 5 rings (SSSR count). The Balaban J connectivity index is 1.55. The molecule has 0 saturated carbocycles. The Kier molecular flexibility index (Phi) is 6.09. The number of nitrogens with one attached hydrogen (secondary N) is 1. The van der Waals surface area contributed by atoms with Crippen molar-refractivity contribution in [2.24, 2.45) is 0 Å². The number of halogens is 2. The molecular weight excluding hydrogens is 468 g/mol. The number of fused-ring (bicyclic) bond motifs is 1. The number of methoxy groups -OCH3 is 1. The van der Waals surface area contributed by atoms with Crippen LogP contribution in [-0.2, 0) is 24.0 Å². The summed E-state index contributed by atoms with van der Waals surface area (Å²) >= 11 is 0. The van der Waals surface area contributed by atoms with Gasteiger partial charge in [0, 0.05) is 18.7 Å². The minimum atomic E-state index is -0.672. The van der Waals surface area contributed by atoms with Gasteiger partial charge in [-0.25, -0.2) is 23.2 Å². The fraction of sp³-hybridized carbons (Fsp3) is 0.259. The van der Waals surface area contributed by atoms with Crippen molar-refractivity contribution in [1.82, 2.24) is 14.8 Å². The highest BCUT2D eigenvalue weighted by Gasteiger charge is 2.25. The van der Waals surface area contributed by atoms with Crippen LogP contribution in [0.25, 0.3) is 17.1 Å². The average Bonchev–Trinajstić information content (AvgIpc) is 3.44. The van der Waals surface area contributed by atoms with E-state index in [4.69, 9.17) is 4.74 Å². The number of phenolic OH excluding ortho intramolecular Hbond substituents is 2. The van der Waals surface area contributed by atoms with Crippen molar-refractivity contribution in [3.05, 3.63) is 92.9 Å². The fourth-order valence-electron chi connectivity index (χ4n) is 4.90. The molecule has 0 saturated heterocycles. The molecule has 1 unspecified atom stereocenters. The Morgan fingerprint density at radius 1 is 1.08 bits per heavy atom. The lowest BCUT2D eigenvalue weighted by Crippen LogP contribution is -2.16. The predicted octanol–water partition coefficient (Wildman–Crippen LogP) is 4.38. The molecule has 0 aliphatic heterocycles. The van der Waals surface area contributed by atoms with E-state index in [0.29, 0.717) is 11.3 Å². The maximum atomic E-state index is 14.2. The van der Waals surface area contributed by atoms with Gasteiger partial charge in [-0.2, -0.15) is 5.10 Å². The van der Waals surface area contributed by atoms with E-state index in [1.165, 1.54) is 28.8 Å². The van der Waals surface area contributed by atoms with Crippen molar-refractivity contribution in [2.45, 2.75) is 38.2 Å². The summed E-state index contributed by atoms with van der Waals surface area (Å²) in [6.07, 6.45) is 1.58. The number of benzene rings is 3. The van der Waals surface area contributed by atoms with Crippen LogP contribution >= 0.6 is 0 Å². The topological polar surface area (TPSA) is 100 Å². The van der Waals surface area contributed by atoms with Crippen molar-refractivity contribution in [3.8, 4) is 28.6 Å². The zero-order valence-electron chi connectivity index (χ0n) is 19.8. The van der Waals surface area contributed by atoms with Crippen molar-refractivity contribution < 1.29 is 23.7 Å². The Morgan fingerprint density at radius 2 is 1.81 bits per heavy atom. The lowest BCUT2D eigenvalue weighted by atomic mass is 9.91. The van der Waals surface area contributed by atoms with Crippen molar-refractivity contribution in [1.29, 1.82) is 0 Å². The summed E-state index contributed by atoms with van der Waals surface area (Å²) in [5.74, 6) is -2.23. The zero-order chi connectivity index (χ0) is 25.6. The highest BCUT2D eigenvalue weighted by Crippen LogP contribution is 2.39. The number of ether oxygens (including phenoxy) is 1. The molecule has 4 aromatic rings. The molecule has 0 radical (unpaired) electrons. The molecule has 0 fully saturated rings. The molecule has 1 heterocycles. The van der Waals surface area contributed by atoms with Gasteiger partial charge < -0.3 is 14.9 Å². The first kappa shape index (κ1) is 23.7. The Morgan fingerprint density at radius 3 is 2.53 bits per heavy atom. The van der Waals surface area contributed by atoms with E-state index in [9.17, 15) is 23.8 Å². The number of hydrogen-bond acceptors (Lipinski definition) is 5. The van der Waals surface area contributed by atoms with Gasteiger partial charge in [-0.15, -0.1) is 0 Å². The van der Waals surface area contributed by atoms with E-state index in [1.54, 1.807) is 20.1 Å². The molecular formula is C27H25F2N3O4. The van der Waals surface area contributed by atoms with Gasteiger partial charge in [0.05, 0.1) is 17.4 Å². The molecule has 0 spiro atoms. The number of aromatic amines is 1. The van der Waals surface area contributed by atoms with Crippen LogP contribution < -0.4 is 5.69 Å². The quantitative estimate of drug-likeness (QED) is 0.370. The van der Waals surface area contributed by atoms with Crippen LogP contribution in [0.5, 0.6) is 11.5 Å². The third kappa shape index (κ3) is 4.15. The molecule has 1 aliphatic carbocycles. The second kappa shape index (κ2) is 9.23. The number of H-pyrrole nitrogens is 1. The van der Waals surface area contributed by atoms with Crippen LogP contribution in [0.3, 0.4) is 0 Å². The van der Waals surface area contributed by atoms with Crippen LogP contribution in [0.1, 0.15) is 35.1 Å². The lowest BCUT2D eigenvalue weighted by Gasteiger charge is -2.17. The monoisotopic (exact) mass is 493 g/mol. The molecule has 1 aromatic heterocycles. The highest BCUT2D eigenvalue weighted by molar-refractivity contribution is 5.69. The van der Waals surface area contributed by atoms with Crippen LogP contribution in [0.4, 0.5) is 8.78 Å². The number of aromatic nitrogens is 3. The first-order valence-corrected chi connectivity index (χ1v) is 11.6. The summed E-state index contributed by atoms with van der Waals surface area (Å²) < 4.78 is 35.3. The van der Waals surface area contributed by atoms with E-state index in [1.807, 2.05) is 12.1 Å². The summed E-state index contributed by atoms with van der Waals surface area (Å²) in [6.45, 7) is 1.71. The lowest BCUT2D eigenvalue weighted by molar-refractivity contribution is 0.112. The van der Waals surface area contributed by atoms with E-state index in [2.05, 4.69) is 10.2 Å². The van der Waals surface area contributed by atoms with Crippen LogP contribution in [0, 0.1) is 11.6 Å². The van der Waals surface area contributed by atoms with Crippen LogP contribution in [0.15, 0.2) is 53.3 Å². The molecule has 1 aliphatic rings. The normalized spacial score (nSPS) is 15.7. The number of hydrogen-bond donors (Lipinski definition) is 3. The van der Waals surface area contributed by atoms with Crippen molar-refractivity contribution in [2.75, 3.05) is 7.11 Å². The van der Waals surface area contributed by atoms with E-state index in [-0.39, 0.29) is 41.0 Å². The van der Waals surface area contributed by atoms with Gasteiger partial charge in [0.1, 0.15) is 23.1 Å². The third-order valence-corrected chi connectivity index (χ3v) is 6.84. The minimum Gasteiger partial charge on any atom is -0.508 e. The summed E-state index contributed by atoms with van der Waals surface area (Å²) in [7, 11) is 1.67. The van der Waals surface area contributed by atoms with Crippen LogP contribution in [0.2, 0.25) is 0 Å². The molecule has 0 amide bonds. The summed E-state index contributed by atoms with van der Waals surface area (Å²) in [5.41, 5.74) is 2.73. The first-order chi connectivity index (χ1) is 17.3. The van der Waals surface area contributed by atoms with Gasteiger partial charge >= 0.3 is 5.69 Å². The molecule has 0 bridgehead atoms. The number of aromatic hydroxyl groups is 2. The fourth-order valence-corrected chi connectivity index (χ4v) is 4.90. The van der Waals surface area contributed by atoms with Gasteiger partial charge in [-0.05, 0) is 72.2 Å². The van der Waals surface area contributed by atoms with Gasteiger partial charge in [0.25, 0.3) is 0 Å². The van der Waals surface area contributed by atoms with Crippen molar-refractivity contribution >= 4 is 0 Å². The number of nitrogens with zero attached hydrogens (tertiary/aromatic N) is 2. The molecule has 9 heteroatoms. The second-order valence-electron chi connectivity index (χ2n) is 9.14. The van der Waals surface area contributed by atoms with E-state index >= 15 is 0 Å². The summed E-state index contributed by atoms with van der Waals surface area (Å²) in [6, 6.07) is 11.9. The Hall–Kier alpha value is -3.98. The van der Waals surface area contributed by atoms with Gasteiger partial charge in [0.15, 0.2) is 5.82 Å². The largest absolute Gasteiger partial charge is 0.508 e. The van der Waals surface area contributed by atoms with Gasteiger partial charge in [0.2, 0.25) is 0 Å². The average molecular weight is 494 g/mol. The Bertz CT molecular complexity index is 1490. The first-order valence-electron chi connectivity index (χ1n) is 11.6. The smallest absolute Gasteiger partial charge is 0.348 e. The van der Waals surface area contributed by atoms with E-state index < -0.39 is 23.2 Å². The predicted molar refractivity (Wildman–Crippen MR) is 130 cm³/mol. The van der Waals surface area contributed by atoms with Gasteiger partial charge in [-0.3, -0.25) is 0 Å². The van der Waals surface area contributed by atoms with E-state index in [0.717, 1.165) is 30.0 Å². The second-order valence-corrected chi connectivity index (χ2v) is 9.14. The molecule has 36 heavy (non-hydrogen) atoms. The molecule has 2 atom stereocenters. The van der Waals surface area contributed by atoms with Gasteiger partial charge in [-0.1, -0.05) is 19.1 Å². The standard InChI is InChI=1S/C27H25F2N3O4/c1-14(8-20-22(28)4-3-5-23(20)29)19-12-21(25(34)13-24(19)33)26-30-31-27(35)32(26)17-7-6-15-10-18(36-2)11-16(15)9-17/h3-7,9,12-14,18,33-34H,8,10-11H2,1-2H3,(H,31,35)/t14-,18?/m1/s1. The zero-order valence-corrected chi connectivity index (χ0v) is 19.8. The maximum Gasteiger partial charge on any atom is 0.348 e. The number of phenols is 2. The summed E-state index contributed by atoms with van der Waals surface area (Å²) in [5, 5.41) is 27.8. The summed E-state index contributed by atoms with van der Waals surface area (Å²) in [4.78, 5) is 12.8. The highest BCUT2D eigenvalue weighted by atomic mass is 19.1. The molecule has 3 aromatic carbocycles. The SMILES string of the molecule is COC1Cc2ccc(-n3c(-c4cc([C@H](C)Cc5c(F)cccc5F)c(O)cc4O)n[nH]c3=O)cc2C1. The maximum absolute atomic E-state index is 14.2. The Labute approximate surface area is 205 Å². The number of rotatable bonds is 6. The van der Waals surface area contributed by atoms with Crippen LogP contribution in [-0.4, -0.2) is 38.2 Å². The molecule has 3 N–H and O–H groups in total. The molecule has 7 nitrogen and oxygen atoms in total. The van der Waals surface area contributed by atoms with Crippen molar-refractivity contribution in [3.63, 3.8) is 0 Å².